The van der Waals surface area contributed by atoms with Crippen LogP contribution in [0.5, 0.6) is 5.88 Å². The molecule has 0 amide bonds. The molecular weight excluding hydrogens is 359 g/mol. The van der Waals surface area contributed by atoms with Crippen molar-refractivity contribution in [2.24, 2.45) is 0 Å². The summed E-state index contributed by atoms with van der Waals surface area (Å²) in [6.07, 6.45) is 7.10. The Balaban J connectivity index is 1.47. The van der Waals surface area contributed by atoms with Gasteiger partial charge in [0, 0.05) is 48.1 Å². The van der Waals surface area contributed by atoms with Crippen LogP contribution in [0.2, 0.25) is 0 Å². The normalized spacial score (nSPS) is 10.9. The highest BCUT2D eigenvalue weighted by molar-refractivity contribution is 5.78. The zero-order chi connectivity index (χ0) is 19.3. The number of H-pyrrole nitrogens is 1. The van der Waals surface area contributed by atoms with Gasteiger partial charge in [0.15, 0.2) is 0 Å². The van der Waals surface area contributed by atoms with Gasteiger partial charge in [0.05, 0.1) is 6.61 Å². The molecule has 0 aliphatic carbocycles. The Morgan fingerprint density at radius 1 is 1.14 bits per heavy atom. The summed E-state index contributed by atoms with van der Waals surface area (Å²) >= 11 is 0. The molecule has 0 radical (unpaired) electrons. The minimum absolute atomic E-state index is 0.406. The molecule has 0 bridgehead atoms. The summed E-state index contributed by atoms with van der Waals surface area (Å²) in [5, 5.41) is 4.00. The third kappa shape index (κ3) is 3.75. The van der Waals surface area contributed by atoms with Gasteiger partial charge in [-0.05, 0) is 24.6 Å². The van der Waals surface area contributed by atoms with Gasteiger partial charge in [0.2, 0.25) is 11.8 Å². The van der Waals surface area contributed by atoms with Crippen molar-refractivity contribution in [1.82, 2.24) is 24.9 Å². The number of hydrogen-bond donors (Lipinski definition) is 2. The van der Waals surface area contributed by atoms with E-state index in [1.54, 1.807) is 24.5 Å². The number of aromatic nitrogens is 5. The van der Waals surface area contributed by atoms with Crippen LogP contribution in [-0.2, 0) is 13.0 Å². The second-order valence-electron chi connectivity index (χ2n) is 6.18. The first-order valence-corrected chi connectivity index (χ1v) is 8.96. The number of halogens is 1. The van der Waals surface area contributed by atoms with Crippen LogP contribution in [0.25, 0.3) is 11.0 Å². The third-order valence-electron chi connectivity index (χ3n) is 4.34. The van der Waals surface area contributed by atoms with E-state index < -0.39 is 5.95 Å². The van der Waals surface area contributed by atoms with Gasteiger partial charge in [-0.25, -0.2) is 19.9 Å². The van der Waals surface area contributed by atoms with Gasteiger partial charge in [-0.15, -0.1) is 0 Å². The summed E-state index contributed by atoms with van der Waals surface area (Å²) in [7, 11) is 0. The van der Waals surface area contributed by atoms with Crippen LogP contribution in [0.1, 0.15) is 23.6 Å². The van der Waals surface area contributed by atoms with Crippen LogP contribution in [0.4, 0.5) is 10.2 Å². The number of hydrogen-bond acceptors (Lipinski definition) is 6. The lowest BCUT2D eigenvalue weighted by atomic mass is 10.1. The first kappa shape index (κ1) is 17.8. The predicted molar refractivity (Wildman–Crippen MR) is 104 cm³/mol. The van der Waals surface area contributed by atoms with Crippen LogP contribution in [0.3, 0.4) is 0 Å². The second kappa shape index (κ2) is 7.99. The maximum atomic E-state index is 14.5. The second-order valence-corrected chi connectivity index (χ2v) is 6.18. The minimum Gasteiger partial charge on any atom is -0.478 e. The molecule has 142 valence electrons. The summed E-state index contributed by atoms with van der Waals surface area (Å²) in [5.41, 5.74) is 3.05. The van der Waals surface area contributed by atoms with Crippen molar-refractivity contribution < 1.29 is 9.13 Å². The van der Waals surface area contributed by atoms with E-state index in [1.165, 1.54) is 6.33 Å². The molecule has 2 N–H and O–H groups in total. The summed E-state index contributed by atoms with van der Waals surface area (Å²) in [5.74, 6) is 0.512. The molecule has 7 nitrogen and oxygen atoms in total. The maximum Gasteiger partial charge on any atom is 0.218 e. The number of anilines is 1. The maximum absolute atomic E-state index is 14.5. The Labute approximate surface area is 161 Å². The van der Waals surface area contributed by atoms with E-state index in [9.17, 15) is 4.39 Å². The number of fused-ring (bicyclic) bond motifs is 1. The van der Waals surface area contributed by atoms with Gasteiger partial charge in [-0.3, -0.25) is 0 Å². The fourth-order valence-electron chi connectivity index (χ4n) is 2.97. The van der Waals surface area contributed by atoms with Gasteiger partial charge < -0.3 is 15.0 Å². The molecule has 4 aromatic heterocycles. The van der Waals surface area contributed by atoms with Crippen molar-refractivity contribution in [3.05, 3.63) is 71.8 Å². The highest BCUT2D eigenvalue weighted by atomic mass is 19.1. The molecule has 0 atom stereocenters. The van der Waals surface area contributed by atoms with E-state index in [-0.39, 0.29) is 0 Å². The Morgan fingerprint density at radius 2 is 2.07 bits per heavy atom. The quantitative estimate of drug-likeness (QED) is 0.479. The van der Waals surface area contributed by atoms with E-state index in [1.807, 2.05) is 25.3 Å². The first-order valence-electron chi connectivity index (χ1n) is 8.96. The number of ether oxygens (including phenoxy) is 1. The van der Waals surface area contributed by atoms with Crippen LogP contribution in [0, 0.1) is 5.95 Å². The van der Waals surface area contributed by atoms with Gasteiger partial charge in [-0.1, -0.05) is 12.1 Å². The van der Waals surface area contributed by atoms with E-state index in [4.69, 9.17) is 4.74 Å². The molecule has 0 aromatic carbocycles. The standard InChI is InChI=1S/C20H19FN6O/c1-2-28-20-14(4-3-7-23-20)9-24-17-6-5-13(18(21)27-17)8-15-10-25-19-16(15)11-22-12-26-19/h3-7,10-12H,2,8-9H2,1H3,(H,24,27)(H,22,25,26). The number of nitrogens with zero attached hydrogens (tertiary/aromatic N) is 4. The molecule has 4 aromatic rings. The lowest BCUT2D eigenvalue weighted by molar-refractivity contribution is 0.323. The molecular formula is C20H19FN6O. The number of nitrogens with one attached hydrogen (secondary N) is 2. The van der Waals surface area contributed by atoms with E-state index in [2.05, 4.69) is 30.2 Å². The third-order valence-corrected chi connectivity index (χ3v) is 4.34. The average Bonchev–Trinajstić information content (AvgIpc) is 3.12. The summed E-state index contributed by atoms with van der Waals surface area (Å²) < 4.78 is 20.0. The Kier molecular flexibility index (Phi) is 5.09. The molecule has 28 heavy (non-hydrogen) atoms. The van der Waals surface area contributed by atoms with Crippen molar-refractivity contribution >= 4 is 16.9 Å². The summed E-state index contributed by atoms with van der Waals surface area (Å²) in [4.78, 5) is 19.5. The minimum atomic E-state index is -0.507. The molecule has 4 heterocycles. The van der Waals surface area contributed by atoms with E-state index in [0.29, 0.717) is 36.8 Å². The lowest BCUT2D eigenvalue weighted by Gasteiger charge is -2.11. The molecule has 0 fully saturated rings. The highest BCUT2D eigenvalue weighted by Gasteiger charge is 2.11. The highest BCUT2D eigenvalue weighted by Crippen LogP contribution is 2.21. The van der Waals surface area contributed by atoms with Crippen LogP contribution in [-0.4, -0.2) is 31.5 Å². The number of pyridine rings is 2. The van der Waals surface area contributed by atoms with Crippen molar-refractivity contribution in [2.45, 2.75) is 19.9 Å². The first-order chi connectivity index (χ1) is 13.7. The van der Waals surface area contributed by atoms with Gasteiger partial charge >= 0.3 is 0 Å². The molecule has 4 rings (SSSR count). The van der Waals surface area contributed by atoms with Crippen LogP contribution < -0.4 is 10.1 Å². The summed E-state index contributed by atoms with van der Waals surface area (Å²) in [6, 6.07) is 7.25. The van der Waals surface area contributed by atoms with E-state index >= 15 is 0 Å². The predicted octanol–water partition coefficient (Wildman–Crippen LogP) is 3.49. The monoisotopic (exact) mass is 378 g/mol. The van der Waals surface area contributed by atoms with Crippen molar-refractivity contribution in [2.75, 3.05) is 11.9 Å². The van der Waals surface area contributed by atoms with Crippen molar-refractivity contribution in [3.8, 4) is 5.88 Å². The molecule has 0 unspecified atom stereocenters. The van der Waals surface area contributed by atoms with E-state index in [0.717, 1.165) is 22.2 Å². The molecule has 0 saturated heterocycles. The average molecular weight is 378 g/mol. The fraction of sp³-hybridized carbons (Fsp3) is 0.200. The lowest BCUT2D eigenvalue weighted by Crippen LogP contribution is -2.07. The van der Waals surface area contributed by atoms with Crippen molar-refractivity contribution in [3.63, 3.8) is 0 Å². The number of rotatable bonds is 7. The molecule has 8 heteroatoms. The Bertz CT molecular complexity index is 1100. The zero-order valence-electron chi connectivity index (χ0n) is 15.3. The van der Waals surface area contributed by atoms with Gasteiger partial charge in [0.25, 0.3) is 0 Å². The smallest absolute Gasteiger partial charge is 0.218 e. The molecule has 0 aliphatic rings. The van der Waals surface area contributed by atoms with Gasteiger partial charge in [0.1, 0.15) is 17.8 Å². The van der Waals surface area contributed by atoms with Crippen LogP contribution >= 0.6 is 0 Å². The summed E-state index contributed by atoms with van der Waals surface area (Å²) in [6.45, 7) is 2.88. The molecule has 0 aliphatic heterocycles. The van der Waals surface area contributed by atoms with Crippen LogP contribution in [0.15, 0.2) is 49.2 Å². The molecule has 0 spiro atoms. The Morgan fingerprint density at radius 3 is 2.93 bits per heavy atom. The Hall–Kier alpha value is -3.55. The largest absolute Gasteiger partial charge is 0.478 e. The zero-order valence-corrected chi connectivity index (χ0v) is 15.3. The topological polar surface area (TPSA) is 88.6 Å². The fourth-order valence-corrected chi connectivity index (χ4v) is 2.97. The van der Waals surface area contributed by atoms with Gasteiger partial charge in [-0.2, -0.15) is 4.39 Å². The SMILES string of the molecule is CCOc1ncccc1CNc1ccc(Cc2c[nH]c3ncncc23)c(F)n1. The van der Waals surface area contributed by atoms with Crippen molar-refractivity contribution in [1.29, 1.82) is 0 Å². The number of aromatic amines is 1. The molecule has 0 saturated carbocycles.